The zero-order chi connectivity index (χ0) is 28.5. The molecule has 212 valence electrons. The van der Waals surface area contributed by atoms with Crippen molar-refractivity contribution in [3.05, 3.63) is 60.2 Å². The first-order valence-electron chi connectivity index (χ1n) is 13.8. The number of hydrogen-bond donors (Lipinski definition) is 1. The van der Waals surface area contributed by atoms with Crippen molar-refractivity contribution in [1.29, 1.82) is 0 Å². The highest BCUT2D eigenvalue weighted by atomic mass is 28.4. The summed E-state index contributed by atoms with van der Waals surface area (Å²) in [6.07, 6.45) is 1.63. The van der Waals surface area contributed by atoms with Crippen molar-refractivity contribution < 1.29 is 28.6 Å². The van der Waals surface area contributed by atoms with E-state index in [1.54, 1.807) is 6.08 Å². The van der Waals surface area contributed by atoms with Gasteiger partial charge in [0.2, 0.25) is 5.91 Å². The second-order valence-electron chi connectivity index (χ2n) is 10.4. The fourth-order valence-electron chi connectivity index (χ4n) is 5.26. The number of carbonyl (C=O) groups is 2. The number of ether oxygens (including phenoxy) is 2. The number of benzene rings is 1. The van der Waals surface area contributed by atoms with Crippen LogP contribution in [0.15, 0.2) is 54.6 Å². The molecule has 0 aliphatic carbocycles. The minimum Gasteiger partial charge on any atom is -0.447 e. The standard InChI is InChI=1S/C30H47NO6Si/c1-9-26(35-8)27(32)21(5)18-22(6)28(37-38(10-2,11-3)12-4)23(7)29(33)31-25(20-36-30(31)34)19-24-16-14-13-15-17-24/h9,13-18,21,23,25-28,32H,1,10-12,19-20H2,2-8H3/b22-18-/t21-,23+,25-,26+,27+,28+/m1/s1. The van der Waals surface area contributed by atoms with E-state index in [0.29, 0.717) is 6.42 Å². The molecule has 1 N–H and O–H groups in total. The van der Waals surface area contributed by atoms with Crippen molar-refractivity contribution in [3.63, 3.8) is 0 Å². The van der Waals surface area contributed by atoms with Crippen LogP contribution >= 0.6 is 0 Å². The third-order valence-corrected chi connectivity index (χ3v) is 12.6. The van der Waals surface area contributed by atoms with E-state index in [9.17, 15) is 14.7 Å². The first-order chi connectivity index (χ1) is 18.1. The number of cyclic esters (lactones) is 1. The maximum atomic E-state index is 13.9. The zero-order valence-corrected chi connectivity index (χ0v) is 25.2. The molecule has 0 unspecified atom stereocenters. The summed E-state index contributed by atoms with van der Waals surface area (Å²) in [5.74, 6) is -1.19. The highest BCUT2D eigenvalue weighted by Gasteiger charge is 2.44. The van der Waals surface area contributed by atoms with Gasteiger partial charge in [-0.3, -0.25) is 4.79 Å². The third-order valence-electron chi connectivity index (χ3n) is 8.02. The summed E-state index contributed by atoms with van der Waals surface area (Å²) in [6.45, 7) is 16.1. The molecule has 2 rings (SSSR count). The average Bonchev–Trinajstić information content (AvgIpc) is 3.29. The molecule has 0 saturated carbocycles. The Bertz CT molecular complexity index is 939. The van der Waals surface area contributed by atoms with Crippen molar-refractivity contribution in [1.82, 2.24) is 4.90 Å². The Morgan fingerprint density at radius 1 is 1.21 bits per heavy atom. The molecule has 6 atom stereocenters. The summed E-state index contributed by atoms with van der Waals surface area (Å²) in [4.78, 5) is 28.0. The summed E-state index contributed by atoms with van der Waals surface area (Å²) < 4.78 is 17.6. The normalized spacial score (nSPS) is 20.4. The van der Waals surface area contributed by atoms with Crippen LogP contribution in [0.3, 0.4) is 0 Å². The number of methoxy groups -OCH3 is 1. The fraction of sp³-hybridized carbons (Fsp3) is 0.600. The van der Waals surface area contributed by atoms with Gasteiger partial charge in [-0.25, -0.2) is 9.69 Å². The van der Waals surface area contributed by atoms with E-state index in [4.69, 9.17) is 13.9 Å². The van der Waals surface area contributed by atoms with Crippen LogP contribution in [0.2, 0.25) is 18.1 Å². The fourth-order valence-corrected chi connectivity index (χ4v) is 8.19. The van der Waals surface area contributed by atoms with E-state index in [2.05, 4.69) is 27.4 Å². The SMILES string of the molecule is C=C[C@H](OC)[C@@H](O)[C@H](C)/C=C(/C)[C@H](O[Si](CC)(CC)CC)[C@H](C)C(=O)N1C(=O)OC[C@H]1Cc1ccccc1. The predicted octanol–water partition coefficient (Wildman–Crippen LogP) is 5.75. The number of aliphatic hydroxyl groups excluding tert-OH is 1. The summed E-state index contributed by atoms with van der Waals surface area (Å²) >= 11 is 0. The van der Waals surface area contributed by atoms with Crippen LogP contribution < -0.4 is 0 Å². The Balaban J connectivity index is 2.40. The van der Waals surface area contributed by atoms with E-state index in [1.165, 1.54) is 12.0 Å². The number of hydrogen-bond acceptors (Lipinski definition) is 6. The molecule has 0 spiro atoms. The molecule has 8 heteroatoms. The van der Waals surface area contributed by atoms with Crippen molar-refractivity contribution in [2.75, 3.05) is 13.7 Å². The van der Waals surface area contributed by atoms with Gasteiger partial charge >= 0.3 is 6.09 Å². The van der Waals surface area contributed by atoms with Crippen molar-refractivity contribution in [2.24, 2.45) is 11.8 Å². The first kappa shape index (κ1) is 32.0. The molecule has 1 aliphatic heterocycles. The van der Waals surface area contributed by atoms with E-state index < -0.39 is 38.6 Å². The monoisotopic (exact) mass is 545 g/mol. The molecular formula is C30H47NO6Si. The van der Waals surface area contributed by atoms with Crippen LogP contribution in [-0.4, -0.2) is 68.4 Å². The van der Waals surface area contributed by atoms with Crippen LogP contribution in [0.1, 0.15) is 47.1 Å². The van der Waals surface area contributed by atoms with Crippen molar-refractivity contribution in [3.8, 4) is 0 Å². The van der Waals surface area contributed by atoms with Crippen LogP contribution in [0.4, 0.5) is 4.79 Å². The van der Waals surface area contributed by atoms with E-state index >= 15 is 0 Å². The van der Waals surface area contributed by atoms with Gasteiger partial charge in [-0.1, -0.05) is 77.1 Å². The van der Waals surface area contributed by atoms with Gasteiger partial charge in [0.1, 0.15) is 12.7 Å². The Labute approximate surface area is 230 Å². The Morgan fingerprint density at radius 3 is 2.34 bits per heavy atom. The van der Waals surface area contributed by atoms with Gasteiger partial charge in [-0.2, -0.15) is 0 Å². The minimum atomic E-state index is -2.13. The van der Waals surface area contributed by atoms with E-state index in [0.717, 1.165) is 29.3 Å². The van der Waals surface area contributed by atoms with Gasteiger partial charge < -0.3 is 19.0 Å². The van der Waals surface area contributed by atoms with Crippen LogP contribution in [0, 0.1) is 11.8 Å². The van der Waals surface area contributed by atoms with Gasteiger partial charge in [0.05, 0.1) is 24.2 Å². The molecule has 1 aromatic carbocycles. The van der Waals surface area contributed by atoms with Gasteiger partial charge in [-0.15, -0.1) is 6.58 Å². The maximum absolute atomic E-state index is 13.9. The Morgan fingerprint density at radius 2 is 1.82 bits per heavy atom. The molecule has 1 heterocycles. The number of carbonyl (C=O) groups excluding carboxylic acids is 2. The highest BCUT2D eigenvalue weighted by Crippen LogP contribution is 2.32. The molecule has 2 amide bonds. The molecule has 1 aliphatic rings. The molecule has 38 heavy (non-hydrogen) atoms. The highest BCUT2D eigenvalue weighted by molar-refractivity contribution is 6.73. The third kappa shape index (κ3) is 7.65. The summed E-state index contributed by atoms with van der Waals surface area (Å²) in [6, 6.07) is 12.2. The number of rotatable bonds is 15. The van der Waals surface area contributed by atoms with Crippen LogP contribution in [-0.2, 0) is 25.1 Å². The molecule has 0 bridgehead atoms. The summed E-state index contributed by atoms with van der Waals surface area (Å²) in [5.41, 5.74) is 1.90. The number of imide groups is 1. The van der Waals surface area contributed by atoms with Crippen molar-refractivity contribution >= 4 is 20.3 Å². The molecule has 0 aromatic heterocycles. The lowest BCUT2D eigenvalue weighted by atomic mass is 9.91. The lowest BCUT2D eigenvalue weighted by Gasteiger charge is -2.37. The Kier molecular flexibility index (Phi) is 12.4. The number of nitrogens with zero attached hydrogens (tertiary/aromatic N) is 1. The minimum absolute atomic E-state index is 0.174. The lowest BCUT2D eigenvalue weighted by molar-refractivity contribution is -0.135. The Hall–Kier alpha value is -2.26. The zero-order valence-electron chi connectivity index (χ0n) is 24.2. The van der Waals surface area contributed by atoms with Crippen molar-refractivity contribution in [2.45, 2.75) is 90.4 Å². The quantitative estimate of drug-likeness (QED) is 0.223. The van der Waals surface area contributed by atoms with Gasteiger partial charge in [0.15, 0.2) is 8.32 Å². The largest absolute Gasteiger partial charge is 0.447 e. The number of aliphatic hydroxyl groups is 1. The second-order valence-corrected chi connectivity index (χ2v) is 15.1. The van der Waals surface area contributed by atoms with Gasteiger partial charge in [0, 0.05) is 13.0 Å². The number of amides is 2. The topological polar surface area (TPSA) is 85.3 Å². The maximum Gasteiger partial charge on any atom is 0.416 e. The van der Waals surface area contributed by atoms with E-state index in [-0.39, 0.29) is 24.5 Å². The first-order valence-corrected chi connectivity index (χ1v) is 16.3. The molecule has 0 radical (unpaired) electrons. The summed E-state index contributed by atoms with van der Waals surface area (Å²) in [5, 5.41) is 10.8. The predicted molar refractivity (Wildman–Crippen MR) is 153 cm³/mol. The van der Waals surface area contributed by atoms with Gasteiger partial charge in [-0.05, 0) is 42.6 Å². The molecule has 1 aromatic rings. The summed E-state index contributed by atoms with van der Waals surface area (Å²) in [7, 11) is -0.593. The molecule has 1 saturated heterocycles. The van der Waals surface area contributed by atoms with Crippen LogP contribution in [0.25, 0.3) is 0 Å². The second kappa shape index (κ2) is 14.8. The van der Waals surface area contributed by atoms with Crippen LogP contribution in [0.5, 0.6) is 0 Å². The smallest absolute Gasteiger partial charge is 0.416 e. The molecular weight excluding hydrogens is 498 g/mol. The van der Waals surface area contributed by atoms with Gasteiger partial charge in [0.25, 0.3) is 0 Å². The lowest BCUT2D eigenvalue weighted by Crippen LogP contribution is -2.49. The average molecular weight is 546 g/mol. The molecule has 1 fully saturated rings. The van der Waals surface area contributed by atoms with E-state index in [1.807, 2.05) is 57.2 Å². The molecule has 7 nitrogen and oxygen atoms in total.